The number of fused-ring (bicyclic) bond motifs is 1. The summed E-state index contributed by atoms with van der Waals surface area (Å²) >= 11 is 0. The molecule has 2 atom stereocenters. The Morgan fingerprint density at radius 2 is 2.17 bits per heavy atom. The smallest absolute Gasteiger partial charge is 0.229 e. The molecule has 1 aliphatic heterocycles. The molecule has 3 N–H and O–H groups in total. The van der Waals surface area contributed by atoms with Crippen molar-refractivity contribution in [3.63, 3.8) is 0 Å². The fraction of sp³-hybridized carbons (Fsp3) is 0.312. The van der Waals surface area contributed by atoms with Gasteiger partial charge < -0.3 is 15.7 Å². The van der Waals surface area contributed by atoms with Crippen LogP contribution in [0.5, 0.6) is 0 Å². The number of aliphatic hydroxyl groups is 1. The van der Waals surface area contributed by atoms with E-state index < -0.39 is 6.10 Å². The average molecular weight is 328 g/mol. The first kappa shape index (κ1) is 14.8. The lowest BCUT2D eigenvalue weighted by atomic mass is 10.0. The Kier molecular flexibility index (Phi) is 3.34. The second kappa shape index (κ2) is 5.41. The van der Waals surface area contributed by atoms with E-state index in [4.69, 9.17) is 5.73 Å². The van der Waals surface area contributed by atoms with Crippen molar-refractivity contribution in [2.75, 3.05) is 17.2 Å². The summed E-state index contributed by atoms with van der Waals surface area (Å²) in [4.78, 5) is 10.8. The van der Waals surface area contributed by atoms with Gasteiger partial charge in [-0.2, -0.15) is 15.1 Å². The third-order valence-electron chi connectivity index (χ3n) is 4.38. The van der Waals surface area contributed by atoms with Crippen LogP contribution >= 0.6 is 0 Å². The van der Waals surface area contributed by atoms with Crippen LogP contribution in [0.2, 0.25) is 0 Å². The third-order valence-corrected chi connectivity index (χ3v) is 4.38. The Labute approximate surface area is 137 Å². The number of anilines is 2. The number of benzene rings is 1. The number of nitrogens with two attached hydrogens (primary N) is 1. The predicted octanol–water partition coefficient (Wildman–Crippen LogP) is 1.40. The van der Waals surface area contributed by atoms with Crippen LogP contribution in [0.1, 0.15) is 18.0 Å². The number of hydrogen-bond donors (Lipinski definition) is 2. The summed E-state index contributed by atoms with van der Waals surface area (Å²) in [6, 6.07) is 6.16. The molecular weight excluding hydrogens is 311 g/mol. The van der Waals surface area contributed by atoms with Crippen molar-refractivity contribution in [1.82, 2.24) is 19.7 Å². The topological polar surface area (TPSA) is 93.1 Å². The largest absolute Gasteiger partial charge is 0.391 e. The minimum Gasteiger partial charge on any atom is -0.391 e. The Morgan fingerprint density at radius 1 is 1.33 bits per heavy atom. The van der Waals surface area contributed by atoms with E-state index in [1.54, 1.807) is 24.0 Å². The molecule has 0 spiro atoms. The molecule has 24 heavy (non-hydrogen) atoms. The molecule has 0 bridgehead atoms. The molecule has 1 fully saturated rings. The lowest BCUT2D eigenvalue weighted by Crippen LogP contribution is -2.26. The molecule has 0 amide bonds. The maximum absolute atomic E-state index is 13.6. The van der Waals surface area contributed by atoms with E-state index in [0.717, 1.165) is 5.56 Å². The minimum absolute atomic E-state index is 0.208. The molecule has 0 saturated carbocycles. The molecule has 1 aliphatic rings. The number of nitrogens with zero attached hydrogens (tertiary/aromatic N) is 5. The molecule has 0 unspecified atom stereocenters. The maximum atomic E-state index is 13.6. The van der Waals surface area contributed by atoms with Gasteiger partial charge in [0.05, 0.1) is 23.7 Å². The molecule has 7 nitrogen and oxygen atoms in total. The summed E-state index contributed by atoms with van der Waals surface area (Å²) in [5.41, 5.74) is 7.43. The maximum Gasteiger partial charge on any atom is 0.229 e. The molecule has 0 aliphatic carbocycles. The van der Waals surface area contributed by atoms with Crippen molar-refractivity contribution in [1.29, 1.82) is 0 Å². The van der Waals surface area contributed by atoms with E-state index in [1.165, 1.54) is 12.1 Å². The van der Waals surface area contributed by atoms with Gasteiger partial charge in [-0.3, -0.25) is 4.68 Å². The highest BCUT2D eigenvalue weighted by Gasteiger charge is 2.34. The fourth-order valence-electron chi connectivity index (χ4n) is 3.23. The number of hydrogen-bond acceptors (Lipinski definition) is 6. The van der Waals surface area contributed by atoms with E-state index in [0.29, 0.717) is 35.8 Å². The van der Waals surface area contributed by atoms with Crippen LogP contribution in [0.25, 0.3) is 11.0 Å². The van der Waals surface area contributed by atoms with Gasteiger partial charge in [-0.1, -0.05) is 12.1 Å². The molecule has 1 aromatic carbocycles. The summed E-state index contributed by atoms with van der Waals surface area (Å²) in [7, 11) is 1.78. The minimum atomic E-state index is -0.537. The predicted molar refractivity (Wildman–Crippen MR) is 87.8 cm³/mol. The zero-order chi connectivity index (χ0) is 16.8. The van der Waals surface area contributed by atoms with Gasteiger partial charge in [-0.25, -0.2) is 4.39 Å². The molecule has 0 radical (unpaired) electrons. The monoisotopic (exact) mass is 328 g/mol. The molecular formula is C16H17FN6O. The first-order chi connectivity index (χ1) is 11.5. The highest BCUT2D eigenvalue weighted by molar-refractivity contribution is 5.86. The van der Waals surface area contributed by atoms with Gasteiger partial charge in [0.25, 0.3) is 0 Å². The second-order valence-corrected chi connectivity index (χ2v) is 6.03. The van der Waals surface area contributed by atoms with Gasteiger partial charge in [0.2, 0.25) is 5.95 Å². The third kappa shape index (κ3) is 2.35. The first-order valence-electron chi connectivity index (χ1n) is 7.68. The van der Waals surface area contributed by atoms with E-state index in [1.807, 2.05) is 11.0 Å². The van der Waals surface area contributed by atoms with Gasteiger partial charge in [0, 0.05) is 13.6 Å². The SMILES string of the molecule is Cn1ncc2c(N)nc(N3C[C@H](O)C[C@@H]3c3cccc(F)c3)nc21. The van der Waals surface area contributed by atoms with Gasteiger partial charge in [0.15, 0.2) is 5.65 Å². The van der Waals surface area contributed by atoms with Crippen molar-refractivity contribution >= 4 is 22.8 Å². The normalized spacial score (nSPS) is 20.9. The highest BCUT2D eigenvalue weighted by Crippen LogP contribution is 2.36. The summed E-state index contributed by atoms with van der Waals surface area (Å²) in [6.07, 6.45) is 1.57. The van der Waals surface area contributed by atoms with Crippen molar-refractivity contribution in [3.8, 4) is 0 Å². The lowest BCUT2D eigenvalue weighted by molar-refractivity contribution is 0.194. The Bertz CT molecular complexity index is 911. The van der Waals surface area contributed by atoms with E-state index in [2.05, 4.69) is 15.1 Å². The van der Waals surface area contributed by atoms with Crippen LogP contribution in [0.4, 0.5) is 16.2 Å². The zero-order valence-corrected chi connectivity index (χ0v) is 13.1. The van der Waals surface area contributed by atoms with Gasteiger partial charge >= 0.3 is 0 Å². The first-order valence-corrected chi connectivity index (χ1v) is 7.68. The molecule has 1 saturated heterocycles. The number of nitrogen functional groups attached to an aromatic ring is 1. The van der Waals surface area contributed by atoms with Gasteiger partial charge in [-0.05, 0) is 24.1 Å². The second-order valence-electron chi connectivity index (χ2n) is 6.03. The highest BCUT2D eigenvalue weighted by atomic mass is 19.1. The Morgan fingerprint density at radius 3 is 2.96 bits per heavy atom. The Balaban J connectivity index is 1.80. The number of aliphatic hydroxyl groups excluding tert-OH is 1. The number of β-amino-alcohol motifs (C(OH)–C–C–N with tert-alkyl or cyclic N) is 1. The summed E-state index contributed by atoms with van der Waals surface area (Å²) in [5, 5.41) is 14.9. The summed E-state index contributed by atoms with van der Waals surface area (Å²) in [5.74, 6) is 0.438. The average Bonchev–Trinajstić information content (AvgIpc) is 3.11. The molecule has 8 heteroatoms. The number of halogens is 1. The molecule has 124 valence electrons. The van der Waals surface area contributed by atoms with Crippen LogP contribution in [0.15, 0.2) is 30.5 Å². The number of aromatic nitrogens is 4. The molecule has 3 heterocycles. The zero-order valence-electron chi connectivity index (χ0n) is 13.1. The van der Waals surface area contributed by atoms with Crippen LogP contribution in [-0.4, -0.2) is 37.5 Å². The van der Waals surface area contributed by atoms with Crippen molar-refractivity contribution in [2.24, 2.45) is 7.05 Å². The lowest BCUT2D eigenvalue weighted by Gasteiger charge is -2.25. The van der Waals surface area contributed by atoms with Crippen LogP contribution in [0, 0.1) is 5.82 Å². The molecule has 2 aromatic heterocycles. The van der Waals surface area contributed by atoms with E-state index >= 15 is 0 Å². The van der Waals surface area contributed by atoms with Crippen LogP contribution in [-0.2, 0) is 7.05 Å². The van der Waals surface area contributed by atoms with Crippen molar-refractivity contribution in [3.05, 3.63) is 41.8 Å². The van der Waals surface area contributed by atoms with Crippen LogP contribution < -0.4 is 10.6 Å². The fourth-order valence-corrected chi connectivity index (χ4v) is 3.23. The van der Waals surface area contributed by atoms with Crippen molar-refractivity contribution < 1.29 is 9.50 Å². The van der Waals surface area contributed by atoms with E-state index in [9.17, 15) is 9.50 Å². The van der Waals surface area contributed by atoms with Gasteiger partial charge in [0.1, 0.15) is 11.6 Å². The molecule has 3 aromatic rings. The summed E-state index contributed by atoms with van der Waals surface area (Å²) < 4.78 is 15.2. The Hall–Kier alpha value is -2.74. The molecule has 4 rings (SSSR count). The summed E-state index contributed by atoms with van der Waals surface area (Å²) in [6.45, 7) is 0.365. The van der Waals surface area contributed by atoms with E-state index in [-0.39, 0.29) is 11.9 Å². The standard InChI is InChI=1S/C16H17FN6O/c1-22-15-12(7-19-22)14(18)20-16(21-15)23-8-11(24)6-13(23)9-3-2-4-10(17)5-9/h2-5,7,11,13,24H,6,8H2,1H3,(H2,18,20,21)/t11-,13-/m1/s1. The quantitative estimate of drug-likeness (QED) is 0.738. The van der Waals surface area contributed by atoms with Crippen LogP contribution in [0.3, 0.4) is 0 Å². The number of aryl methyl sites for hydroxylation is 1. The van der Waals surface area contributed by atoms with Gasteiger partial charge in [-0.15, -0.1) is 0 Å². The number of rotatable bonds is 2. The van der Waals surface area contributed by atoms with Crippen molar-refractivity contribution in [2.45, 2.75) is 18.6 Å².